The molecule has 0 saturated carbocycles. The number of hydrogen-bond acceptors (Lipinski definition) is 3. The van der Waals surface area contributed by atoms with Crippen molar-refractivity contribution in [3.05, 3.63) is 34.4 Å². The Morgan fingerprint density at radius 1 is 1.22 bits per heavy atom. The summed E-state index contributed by atoms with van der Waals surface area (Å²) in [6, 6.07) is 4.60. The molecule has 1 atom stereocenters. The molecule has 0 bridgehead atoms. The highest BCUT2D eigenvalue weighted by Gasteiger charge is 2.19. The molecular formula is C15H24N2O. The summed E-state index contributed by atoms with van der Waals surface area (Å²) in [6.07, 6.45) is 0.200. The Morgan fingerprint density at radius 3 is 2.67 bits per heavy atom. The lowest BCUT2D eigenvalue weighted by atomic mass is 10.0. The van der Waals surface area contributed by atoms with E-state index in [2.05, 4.69) is 37.8 Å². The van der Waals surface area contributed by atoms with Gasteiger partial charge >= 0.3 is 0 Å². The molecule has 2 N–H and O–H groups in total. The summed E-state index contributed by atoms with van der Waals surface area (Å²) >= 11 is 0. The van der Waals surface area contributed by atoms with Crippen molar-refractivity contribution in [3.8, 4) is 0 Å². The van der Waals surface area contributed by atoms with Crippen molar-refractivity contribution in [3.63, 3.8) is 0 Å². The normalized spacial score (nSPS) is 21.2. The van der Waals surface area contributed by atoms with Crippen LogP contribution in [0.2, 0.25) is 0 Å². The third kappa shape index (κ3) is 3.10. The van der Waals surface area contributed by atoms with Gasteiger partial charge < -0.3 is 10.5 Å². The molecule has 1 aliphatic rings. The Labute approximate surface area is 110 Å². The fourth-order valence-electron chi connectivity index (χ4n) is 2.50. The number of benzene rings is 1. The van der Waals surface area contributed by atoms with E-state index in [1.807, 2.05) is 0 Å². The number of morpholine rings is 1. The van der Waals surface area contributed by atoms with E-state index in [0.717, 1.165) is 26.2 Å². The van der Waals surface area contributed by atoms with E-state index in [9.17, 15) is 0 Å². The first kappa shape index (κ1) is 13.5. The second-order valence-corrected chi connectivity index (χ2v) is 5.33. The zero-order valence-electron chi connectivity index (χ0n) is 11.7. The maximum absolute atomic E-state index is 5.68. The highest BCUT2D eigenvalue weighted by molar-refractivity contribution is 5.36. The van der Waals surface area contributed by atoms with Crippen LogP contribution in [0.1, 0.15) is 22.3 Å². The monoisotopic (exact) mass is 248 g/mol. The molecule has 1 fully saturated rings. The van der Waals surface area contributed by atoms with Crippen molar-refractivity contribution in [2.24, 2.45) is 5.73 Å². The van der Waals surface area contributed by atoms with Gasteiger partial charge in [-0.3, -0.25) is 4.90 Å². The molecule has 1 saturated heterocycles. The van der Waals surface area contributed by atoms with E-state index in [1.54, 1.807) is 0 Å². The maximum atomic E-state index is 5.68. The van der Waals surface area contributed by atoms with Gasteiger partial charge in [-0.2, -0.15) is 0 Å². The first-order valence-corrected chi connectivity index (χ1v) is 6.71. The fraction of sp³-hybridized carbons (Fsp3) is 0.600. The van der Waals surface area contributed by atoms with E-state index in [0.29, 0.717) is 6.54 Å². The number of hydrogen-bond donors (Lipinski definition) is 1. The molecule has 1 aromatic carbocycles. The Kier molecular flexibility index (Phi) is 4.38. The van der Waals surface area contributed by atoms with Gasteiger partial charge in [-0.25, -0.2) is 0 Å². The van der Waals surface area contributed by atoms with Gasteiger partial charge in [-0.15, -0.1) is 0 Å². The number of aryl methyl sites for hydroxylation is 3. The topological polar surface area (TPSA) is 38.5 Å². The van der Waals surface area contributed by atoms with Crippen molar-refractivity contribution in [2.75, 3.05) is 26.2 Å². The minimum Gasteiger partial charge on any atom is -0.374 e. The lowest BCUT2D eigenvalue weighted by Gasteiger charge is -2.32. The van der Waals surface area contributed by atoms with Crippen LogP contribution in [0.25, 0.3) is 0 Å². The Bertz CT molecular complexity index is 417. The van der Waals surface area contributed by atoms with E-state index >= 15 is 0 Å². The van der Waals surface area contributed by atoms with Gasteiger partial charge in [0.15, 0.2) is 0 Å². The molecule has 3 heteroatoms. The molecule has 18 heavy (non-hydrogen) atoms. The third-order valence-electron chi connectivity index (χ3n) is 3.83. The van der Waals surface area contributed by atoms with E-state index in [1.165, 1.54) is 22.3 Å². The smallest absolute Gasteiger partial charge is 0.0824 e. The highest BCUT2D eigenvalue weighted by Crippen LogP contribution is 2.18. The van der Waals surface area contributed by atoms with Crippen molar-refractivity contribution in [1.29, 1.82) is 0 Å². The minimum atomic E-state index is 0.200. The van der Waals surface area contributed by atoms with Crippen LogP contribution < -0.4 is 5.73 Å². The Morgan fingerprint density at radius 2 is 1.94 bits per heavy atom. The molecule has 0 amide bonds. The minimum absolute atomic E-state index is 0.200. The number of nitrogens with two attached hydrogens (primary N) is 1. The zero-order valence-corrected chi connectivity index (χ0v) is 11.7. The summed E-state index contributed by atoms with van der Waals surface area (Å²) in [4.78, 5) is 2.44. The molecule has 1 aromatic rings. The van der Waals surface area contributed by atoms with E-state index in [-0.39, 0.29) is 6.10 Å². The molecular weight excluding hydrogens is 224 g/mol. The van der Waals surface area contributed by atoms with Crippen molar-refractivity contribution in [1.82, 2.24) is 4.90 Å². The van der Waals surface area contributed by atoms with E-state index in [4.69, 9.17) is 10.5 Å². The molecule has 2 rings (SSSR count). The molecule has 0 radical (unpaired) electrons. The highest BCUT2D eigenvalue weighted by atomic mass is 16.5. The summed E-state index contributed by atoms with van der Waals surface area (Å²) in [7, 11) is 0. The van der Waals surface area contributed by atoms with Crippen molar-refractivity contribution in [2.45, 2.75) is 33.4 Å². The number of rotatable bonds is 3. The quantitative estimate of drug-likeness (QED) is 0.886. The number of ether oxygens (including phenoxy) is 1. The predicted molar refractivity (Wildman–Crippen MR) is 74.7 cm³/mol. The number of nitrogens with zero attached hydrogens (tertiary/aromatic N) is 1. The van der Waals surface area contributed by atoms with E-state index < -0.39 is 0 Å². The largest absolute Gasteiger partial charge is 0.374 e. The summed E-state index contributed by atoms with van der Waals surface area (Å²) in [6.45, 7) is 10.9. The summed E-state index contributed by atoms with van der Waals surface area (Å²) in [5, 5.41) is 0. The van der Waals surface area contributed by atoms with Gasteiger partial charge in [0, 0.05) is 26.2 Å². The van der Waals surface area contributed by atoms with Crippen molar-refractivity contribution < 1.29 is 4.74 Å². The van der Waals surface area contributed by atoms with Gasteiger partial charge in [0.1, 0.15) is 0 Å². The standard InChI is InChI=1S/C15H24N2O/c1-11-6-13(3)14(7-12(11)2)9-17-4-5-18-15(8-16)10-17/h6-7,15H,4-5,8-10,16H2,1-3H3/t15-/m0/s1. The summed E-state index contributed by atoms with van der Waals surface area (Å²) < 4.78 is 5.60. The van der Waals surface area contributed by atoms with Gasteiger partial charge in [-0.05, 0) is 43.0 Å². The van der Waals surface area contributed by atoms with Crippen LogP contribution in [0.15, 0.2) is 12.1 Å². The van der Waals surface area contributed by atoms with Gasteiger partial charge in [-0.1, -0.05) is 12.1 Å². The van der Waals surface area contributed by atoms with Crippen LogP contribution in [0, 0.1) is 20.8 Å². The van der Waals surface area contributed by atoms with Crippen molar-refractivity contribution >= 4 is 0 Å². The average Bonchev–Trinajstić information content (AvgIpc) is 2.36. The molecule has 0 spiro atoms. The van der Waals surface area contributed by atoms with Gasteiger partial charge in [0.2, 0.25) is 0 Å². The SMILES string of the molecule is Cc1cc(C)c(CN2CCO[C@@H](CN)C2)cc1C. The molecule has 0 aliphatic carbocycles. The van der Waals surface area contributed by atoms with Crippen LogP contribution in [0.5, 0.6) is 0 Å². The van der Waals surface area contributed by atoms with Crippen LogP contribution in [0.4, 0.5) is 0 Å². The molecule has 0 unspecified atom stereocenters. The Hall–Kier alpha value is -0.900. The van der Waals surface area contributed by atoms with Crippen LogP contribution >= 0.6 is 0 Å². The van der Waals surface area contributed by atoms with Crippen LogP contribution in [-0.2, 0) is 11.3 Å². The molecule has 3 nitrogen and oxygen atoms in total. The second-order valence-electron chi connectivity index (χ2n) is 5.33. The van der Waals surface area contributed by atoms with Crippen LogP contribution in [-0.4, -0.2) is 37.2 Å². The summed E-state index contributed by atoms with van der Waals surface area (Å²) in [5.41, 5.74) is 11.2. The first-order chi connectivity index (χ1) is 8.60. The lowest BCUT2D eigenvalue weighted by molar-refractivity contribution is -0.0261. The van der Waals surface area contributed by atoms with Crippen LogP contribution in [0.3, 0.4) is 0 Å². The predicted octanol–water partition coefficient (Wildman–Crippen LogP) is 1.77. The lowest BCUT2D eigenvalue weighted by Crippen LogP contribution is -2.45. The molecule has 100 valence electrons. The molecule has 1 heterocycles. The van der Waals surface area contributed by atoms with Gasteiger partial charge in [0.05, 0.1) is 12.7 Å². The average molecular weight is 248 g/mol. The summed E-state index contributed by atoms with van der Waals surface area (Å²) in [5.74, 6) is 0. The Balaban J connectivity index is 2.07. The molecule has 1 aliphatic heterocycles. The van der Waals surface area contributed by atoms with Gasteiger partial charge in [0.25, 0.3) is 0 Å². The second kappa shape index (κ2) is 5.83. The fourth-order valence-corrected chi connectivity index (χ4v) is 2.50. The molecule has 0 aromatic heterocycles. The third-order valence-corrected chi connectivity index (χ3v) is 3.83. The maximum Gasteiger partial charge on any atom is 0.0824 e. The first-order valence-electron chi connectivity index (χ1n) is 6.71. The zero-order chi connectivity index (χ0) is 13.1.